The van der Waals surface area contributed by atoms with E-state index >= 15 is 0 Å². The second-order valence-electron chi connectivity index (χ2n) is 5.06. The Balaban J connectivity index is 1.85. The van der Waals surface area contributed by atoms with E-state index in [1.165, 1.54) is 36.8 Å². The molecular formula is C15H23N. The summed E-state index contributed by atoms with van der Waals surface area (Å²) >= 11 is 0. The normalized spacial score (nSPS) is 18.1. The summed E-state index contributed by atoms with van der Waals surface area (Å²) in [6, 6.07) is 9.90. The summed E-state index contributed by atoms with van der Waals surface area (Å²) in [5, 5.41) is 3.60. The van der Waals surface area contributed by atoms with E-state index in [1.54, 1.807) is 0 Å². The van der Waals surface area contributed by atoms with Crippen LogP contribution in [0.5, 0.6) is 0 Å². The molecule has 1 aliphatic rings. The zero-order chi connectivity index (χ0) is 11.4. The van der Waals surface area contributed by atoms with E-state index in [2.05, 4.69) is 43.4 Å². The van der Waals surface area contributed by atoms with Crippen LogP contribution in [0.1, 0.15) is 56.6 Å². The summed E-state index contributed by atoms with van der Waals surface area (Å²) in [5.41, 5.74) is 2.88. The first kappa shape index (κ1) is 11.7. The number of rotatable bonds is 5. The maximum Gasteiger partial charge on any atom is 0.0208 e. The molecule has 1 aromatic rings. The van der Waals surface area contributed by atoms with E-state index < -0.39 is 0 Å². The SMILES string of the molecule is CCC(C)c1ccc(CNC2CCC2)cc1. The van der Waals surface area contributed by atoms with Gasteiger partial charge in [0.25, 0.3) is 0 Å². The predicted octanol–water partition coefficient (Wildman–Crippen LogP) is 3.84. The Hall–Kier alpha value is -0.820. The van der Waals surface area contributed by atoms with Gasteiger partial charge < -0.3 is 5.32 Å². The summed E-state index contributed by atoms with van der Waals surface area (Å²) in [6.45, 7) is 5.57. The van der Waals surface area contributed by atoms with Gasteiger partial charge in [0.15, 0.2) is 0 Å². The highest BCUT2D eigenvalue weighted by Gasteiger charge is 2.15. The van der Waals surface area contributed by atoms with Gasteiger partial charge in [-0.25, -0.2) is 0 Å². The van der Waals surface area contributed by atoms with Crippen molar-refractivity contribution >= 4 is 0 Å². The molecule has 1 aliphatic carbocycles. The quantitative estimate of drug-likeness (QED) is 0.790. The minimum Gasteiger partial charge on any atom is -0.310 e. The molecule has 1 aromatic carbocycles. The van der Waals surface area contributed by atoms with Crippen LogP contribution in [0.2, 0.25) is 0 Å². The maximum atomic E-state index is 3.60. The van der Waals surface area contributed by atoms with Crippen molar-refractivity contribution in [3.05, 3.63) is 35.4 Å². The van der Waals surface area contributed by atoms with Gasteiger partial charge in [0.1, 0.15) is 0 Å². The second kappa shape index (κ2) is 5.49. The summed E-state index contributed by atoms with van der Waals surface area (Å²) in [4.78, 5) is 0. The molecule has 0 amide bonds. The monoisotopic (exact) mass is 217 g/mol. The Morgan fingerprint density at radius 2 is 1.94 bits per heavy atom. The van der Waals surface area contributed by atoms with Crippen LogP contribution in [0.3, 0.4) is 0 Å². The van der Waals surface area contributed by atoms with E-state index in [0.29, 0.717) is 5.92 Å². The molecule has 1 atom stereocenters. The van der Waals surface area contributed by atoms with Gasteiger partial charge in [0.2, 0.25) is 0 Å². The third kappa shape index (κ3) is 2.85. The molecular weight excluding hydrogens is 194 g/mol. The Labute approximate surface area is 99.3 Å². The standard InChI is InChI=1S/C15H23N/c1-3-12(2)14-9-7-13(8-10-14)11-16-15-5-4-6-15/h7-10,12,15-16H,3-6,11H2,1-2H3. The van der Waals surface area contributed by atoms with Crippen molar-refractivity contribution in [2.24, 2.45) is 0 Å². The molecule has 0 radical (unpaired) electrons. The molecule has 16 heavy (non-hydrogen) atoms. The Bertz CT molecular complexity index is 311. The van der Waals surface area contributed by atoms with Gasteiger partial charge in [-0.3, -0.25) is 0 Å². The average Bonchev–Trinajstić information content (AvgIpc) is 2.27. The van der Waals surface area contributed by atoms with Crippen LogP contribution in [-0.4, -0.2) is 6.04 Å². The highest BCUT2D eigenvalue weighted by atomic mass is 14.9. The largest absolute Gasteiger partial charge is 0.310 e. The van der Waals surface area contributed by atoms with Gasteiger partial charge in [-0.1, -0.05) is 44.5 Å². The average molecular weight is 217 g/mol. The van der Waals surface area contributed by atoms with E-state index in [1.807, 2.05) is 0 Å². The highest BCUT2D eigenvalue weighted by Crippen LogP contribution is 2.20. The first-order chi connectivity index (χ1) is 7.79. The van der Waals surface area contributed by atoms with Gasteiger partial charge in [-0.15, -0.1) is 0 Å². The molecule has 0 heterocycles. The van der Waals surface area contributed by atoms with Crippen LogP contribution >= 0.6 is 0 Å². The molecule has 1 N–H and O–H groups in total. The highest BCUT2D eigenvalue weighted by molar-refractivity contribution is 5.25. The van der Waals surface area contributed by atoms with Crippen LogP contribution < -0.4 is 5.32 Å². The van der Waals surface area contributed by atoms with Gasteiger partial charge in [0, 0.05) is 12.6 Å². The minimum absolute atomic E-state index is 0.689. The van der Waals surface area contributed by atoms with Crippen LogP contribution in [0.15, 0.2) is 24.3 Å². The molecule has 1 fully saturated rings. The fraction of sp³-hybridized carbons (Fsp3) is 0.600. The lowest BCUT2D eigenvalue weighted by Gasteiger charge is -2.26. The van der Waals surface area contributed by atoms with Crippen LogP contribution in [0.25, 0.3) is 0 Å². The van der Waals surface area contributed by atoms with Gasteiger partial charge in [0.05, 0.1) is 0 Å². The molecule has 0 bridgehead atoms. The summed E-state index contributed by atoms with van der Waals surface area (Å²) in [6.07, 6.45) is 5.36. The Kier molecular flexibility index (Phi) is 4.00. The third-order valence-electron chi connectivity index (χ3n) is 3.86. The lowest BCUT2D eigenvalue weighted by Crippen LogP contribution is -2.34. The van der Waals surface area contributed by atoms with Crippen molar-refractivity contribution in [2.45, 2.75) is 58.0 Å². The lowest BCUT2D eigenvalue weighted by atomic mass is 9.93. The lowest BCUT2D eigenvalue weighted by molar-refractivity contribution is 0.338. The minimum atomic E-state index is 0.689. The zero-order valence-electron chi connectivity index (χ0n) is 10.5. The van der Waals surface area contributed by atoms with Crippen molar-refractivity contribution in [3.63, 3.8) is 0 Å². The van der Waals surface area contributed by atoms with Gasteiger partial charge in [-0.05, 0) is 36.3 Å². The predicted molar refractivity (Wildman–Crippen MR) is 69.6 cm³/mol. The smallest absolute Gasteiger partial charge is 0.0208 e. The van der Waals surface area contributed by atoms with Gasteiger partial charge >= 0.3 is 0 Å². The molecule has 0 saturated heterocycles. The van der Waals surface area contributed by atoms with Crippen LogP contribution in [0, 0.1) is 0 Å². The molecule has 1 nitrogen and oxygen atoms in total. The first-order valence-electron chi connectivity index (χ1n) is 6.62. The van der Waals surface area contributed by atoms with Crippen molar-refractivity contribution in [1.29, 1.82) is 0 Å². The van der Waals surface area contributed by atoms with Gasteiger partial charge in [-0.2, -0.15) is 0 Å². The van der Waals surface area contributed by atoms with Crippen molar-refractivity contribution in [1.82, 2.24) is 5.32 Å². The Morgan fingerprint density at radius 1 is 1.25 bits per heavy atom. The second-order valence-corrected chi connectivity index (χ2v) is 5.06. The molecule has 88 valence electrons. The molecule has 0 spiro atoms. The first-order valence-corrected chi connectivity index (χ1v) is 6.62. The summed E-state index contributed by atoms with van der Waals surface area (Å²) in [7, 11) is 0. The van der Waals surface area contributed by atoms with Crippen molar-refractivity contribution in [3.8, 4) is 0 Å². The summed E-state index contributed by atoms with van der Waals surface area (Å²) in [5.74, 6) is 0.689. The number of nitrogens with one attached hydrogen (secondary N) is 1. The number of hydrogen-bond donors (Lipinski definition) is 1. The molecule has 1 heteroatoms. The van der Waals surface area contributed by atoms with E-state index in [0.717, 1.165) is 12.6 Å². The topological polar surface area (TPSA) is 12.0 Å². The molecule has 1 saturated carbocycles. The molecule has 1 unspecified atom stereocenters. The van der Waals surface area contributed by atoms with E-state index in [4.69, 9.17) is 0 Å². The maximum absolute atomic E-state index is 3.60. The van der Waals surface area contributed by atoms with E-state index in [-0.39, 0.29) is 0 Å². The number of benzene rings is 1. The Morgan fingerprint density at radius 3 is 2.44 bits per heavy atom. The summed E-state index contributed by atoms with van der Waals surface area (Å²) < 4.78 is 0. The zero-order valence-corrected chi connectivity index (χ0v) is 10.5. The fourth-order valence-electron chi connectivity index (χ4n) is 2.07. The van der Waals surface area contributed by atoms with Crippen LogP contribution in [-0.2, 0) is 6.54 Å². The fourth-order valence-corrected chi connectivity index (χ4v) is 2.07. The molecule has 0 aliphatic heterocycles. The third-order valence-corrected chi connectivity index (χ3v) is 3.86. The number of hydrogen-bond acceptors (Lipinski definition) is 1. The van der Waals surface area contributed by atoms with E-state index in [9.17, 15) is 0 Å². The van der Waals surface area contributed by atoms with Crippen molar-refractivity contribution in [2.75, 3.05) is 0 Å². The molecule has 2 rings (SSSR count). The van der Waals surface area contributed by atoms with Crippen molar-refractivity contribution < 1.29 is 0 Å². The van der Waals surface area contributed by atoms with Crippen LogP contribution in [0.4, 0.5) is 0 Å². The molecule has 0 aromatic heterocycles.